The molecule has 0 saturated carbocycles. The van der Waals surface area contributed by atoms with Crippen LogP contribution in [0.25, 0.3) is 0 Å². The third-order valence-corrected chi connectivity index (χ3v) is 2.92. The molecule has 5 nitrogen and oxygen atoms in total. The second-order valence-electron chi connectivity index (χ2n) is 4.82. The van der Waals surface area contributed by atoms with Crippen LogP contribution >= 0.6 is 0 Å². The summed E-state index contributed by atoms with van der Waals surface area (Å²) < 4.78 is 37.6. The lowest BCUT2D eigenvalue weighted by Crippen LogP contribution is -2.13. The summed E-state index contributed by atoms with van der Waals surface area (Å²) in [6.45, 7) is 1.81. The zero-order chi connectivity index (χ0) is 16.9. The van der Waals surface area contributed by atoms with E-state index in [-0.39, 0.29) is 11.9 Å². The Balaban J connectivity index is 1.89. The molecule has 0 bridgehead atoms. The van der Waals surface area contributed by atoms with Gasteiger partial charge in [0.15, 0.2) is 0 Å². The summed E-state index contributed by atoms with van der Waals surface area (Å²) in [5.74, 6) is -0.212. The van der Waals surface area contributed by atoms with E-state index in [0.717, 1.165) is 17.8 Å². The van der Waals surface area contributed by atoms with Crippen molar-refractivity contribution in [3.63, 3.8) is 0 Å². The molecular formula is C15H15F3N4O. The standard InChI is InChI=1S/C15H15F3N4O/c1-10(23)21-12-4-2-11(3-5-12)6-8-19-14-20-9-7-13(22-14)15(16,17)18/h2-5,7,9H,6,8H2,1H3,(H,21,23)(H,19,20,22). The number of benzene rings is 1. The Labute approximate surface area is 131 Å². The lowest BCUT2D eigenvalue weighted by Gasteiger charge is -2.09. The molecule has 2 rings (SSSR count). The number of amides is 1. The van der Waals surface area contributed by atoms with Crippen LogP contribution < -0.4 is 10.6 Å². The van der Waals surface area contributed by atoms with Crippen molar-refractivity contribution in [1.29, 1.82) is 0 Å². The molecular weight excluding hydrogens is 309 g/mol. The molecule has 0 radical (unpaired) electrons. The summed E-state index contributed by atoms with van der Waals surface area (Å²) in [6.07, 6.45) is -2.83. The van der Waals surface area contributed by atoms with Gasteiger partial charge in [-0.2, -0.15) is 13.2 Å². The average molecular weight is 324 g/mol. The Morgan fingerprint density at radius 2 is 1.87 bits per heavy atom. The monoisotopic (exact) mass is 324 g/mol. The highest BCUT2D eigenvalue weighted by molar-refractivity contribution is 5.88. The van der Waals surface area contributed by atoms with Gasteiger partial charge in [-0.15, -0.1) is 0 Å². The van der Waals surface area contributed by atoms with E-state index < -0.39 is 11.9 Å². The van der Waals surface area contributed by atoms with Crippen molar-refractivity contribution in [1.82, 2.24) is 9.97 Å². The number of hydrogen-bond acceptors (Lipinski definition) is 4. The number of alkyl halides is 3. The molecule has 0 atom stereocenters. The van der Waals surface area contributed by atoms with Crippen molar-refractivity contribution in [3.05, 3.63) is 47.8 Å². The van der Waals surface area contributed by atoms with Crippen molar-refractivity contribution in [3.8, 4) is 0 Å². The number of rotatable bonds is 5. The highest BCUT2D eigenvalue weighted by atomic mass is 19.4. The Morgan fingerprint density at radius 3 is 2.48 bits per heavy atom. The molecule has 0 fully saturated rings. The number of carbonyl (C=O) groups is 1. The van der Waals surface area contributed by atoms with Gasteiger partial charge in [0, 0.05) is 25.4 Å². The van der Waals surface area contributed by atoms with Crippen molar-refractivity contribution in [2.24, 2.45) is 0 Å². The summed E-state index contributed by atoms with van der Waals surface area (Å²) in [5.41, 5.74) is 0.684. The van der Waals surface area contributed by atoms with Gasteiger partial charge in [0.1, 0.15) is 5.69 Å². The maximum Gasteiger partial charge on any atom is 0.433 e. The summed E-state index contributed by atoms with van der Waals surface area (Å²) in [5, 5.41) is 5.41. The lowest BCUT2D eigenvalue weighted by molar-refractivity contribution is -0.141. The van der Waals surface area contributed by atoms with Crippen LogP contribution in [0.15, 0.2) is 36.5 Å². The van der Waals surface area contributed by atoms with Crippen molar-refractivity contribution >= 4 is 17.5 Å². The smallest absolute Gasteiger partial charge is 0.354 e. The second-order valence-corrected chi connectivity index (χ2v) is 4.82. The summed E-state index contributed by atoms with van der Waals surface area (Å²) >= 11 is 0. The van der Waals surface area contributed by atoms with E-state index >= 15 is 0 Å². The highest BCUT2D eigenvalue weighted by Crippen LogP contribution is 2.27. The molecule has 0 aliphatic rings. The average Bonchev–Trinajstić information content (AvgIpc) is 2.48. The van der Waals surface area contributed by atoms with Gasteiger partial charge in [0.05, 0.1) is 0 Å². The topological polar surface area (TPSA) is 66.9 Å². The van der Waals surface area contributed by atoms with Crippen LogP contribution in [-0.4, -0.2) is 22.4 Å². The minimum Gasteiger partial charge on any atom is -0.354 e. The maximum atomic E-state index is 12.5. The Hall–Kier alpha value is -2.64. The number of nitrogens with zero attached hydrogens (tertiary/aromatic N) is 2. The van der Waals surface area contributed by atoms with Crippen LogP contribution in [-0.2, 0) is 17.4 Å². The molecule has 0 aliphatic heterocycles. The molecule has 0 aliphatic carbocycles. The first-order chi connectivity index (χ1) is 10.8. The summed E-state index contributed by atoms with van der Waals surface area (Å²) in [6, 6.07) is 8.01. The van der Waals surface area contributed by atoms with Crippen molar-refractivity contribution < 1.29 is 18.0 Å². The Bertz CT molecular complexity index is 671. The van der Waals surface area contributed by atoms with Crippen molar-refractivity contribution in [2.75, 3.05) is 17.2 Å². The quantitative estimate of drug-likeness (QED) is 0.887. The van der Waals surface area contributed by atoms with Crippen LogP contribution in [0.4, 0.5) is 24.8 Å². The van der Waals surface area contributed by atoms with E-state index in [4.69, 9.17) is 0 Å². The van der Waals surface area contributed by atoms with Gasteiger partial charge in [-0.3, -0.25) is 4.79 Å². The second kappa shape index (κ2) is 7.08. The number of aromatic nitrogens is 2. The minimum absolute atomic E-state index is 0.0605. The third-order valence-electron chi connectivity index (χ3n) is 2.92. The van der Waals surface area contributed by atoms with Gasteiger partial charge in [-0.25, -0.2) is 9.97 Å². The van der Waals surface area contributed by atoms with Crippen LogP contribution in [0.2, 0.25) is 0 Å². The normalized spacial score (nSPS) is 11.1. The lowest BCUT2D eigenvalue weighted by atomic mass is 10.1. The van der Waals surface area contributed by atoms with Crippen LogP contribution in [0.3, 0.4) is 0 Å². The summed E-state index contributed by atoms with van der Waals surface area (Å²) in [7, 11) is 0. The number of carbonyl (C=O) groups excluding carboxylic acids is 1. The van der Waals surface area contributed by atoms with Gasteiger partial charge in [-0.05, 0) is 30.2 Å². The fourth-order valence-corrected chi connectivity index (χ4v) is 1.88. The van der Waals surface area contributed by atoms with Crippen molar-refractivity contribution in [2.45, 2.75) is 19.5 Å². The molecule has 1 heterocycles. The fraction of sp³-hybridized carbons (Fsp3) is 0.267. The number of hydrogen-bond donors (Lipinski definition) is 2. The van der Waals surface area contributed by atoms with E-state index in [2.05, 4.69) is 20.6 Å². The van der Waals surface area contributed by atoms with Crippen LogP contribution in [0, 0.1) is 0 Å². The molecule has 1 amide bonds. The van der Waals surface area contributed by atoms with E-state index in [9.17, 15) is 18.0 Å². The van der Waals surface area contributed by atoms with Gasteiger partial charge in [-0.1, -0.05) is 12.1 Å². The Morgan fingerprint density at radius 1 is 1.17 bits per heavy atom. The predicted octanol–water partition coefficient (Wildman–Crippen LogP) is 3.11. The van der Waals surface area contributed by atoms with E-state index in [1.807, 2.05) is 12.1 Å². The molecule has 0 unspecified atom stereocenters. The number of anilines is 2. The van der Waals surface area contributed by atoms with Gasteiger partial charge < -0.3 is 10.6 Å². The first-order valence-corrected chi connectivity index (χ1v) is 6.85. The predicted molar refractivity (Wildman–Crippen MR) is 80.0 cm³/mol. The molecule has 0 saturated heterocycles. The number of halogens is 3. The van der Waals surface area contributed by atoms with Gasteiger partial charge in [0.2, 0.25) is 11.9 Å². The zero-order valence-electron chi connectivity index (χ0n) is 12.3. The minimum atomic E-state index is -4.49. The molecule has 1 aromatic heterocycles. The number of nitrogens with one attached hydrogen (secondary N) is 2. The molecule has 2 aromatic rings. The maximum absolute atomic E-state index is 12.5. The van der Waals surface area contributed by atoms with E-state index in [1.54, 1.807) is 12.1 Å². The highest BCUT2D eigenvalue weighted by Gasteiger charge is 2.32. The third kappa shape index (κ3) is 5.24. The first kappa shape index (κ1) is 16.7. The zero-order valence-corrected chi connectivity index (χ0v) is 12.3. The molecule has 23 heavy (non-hydrogen) atoms. The SMILES string of the molecule is CC(=O)Nc1ccc(CCNc2nccc(C(F)(F)F)n2)cc1. The van der Waals surface area contributed by atoms with Gasteiger partial charge in [0.25, 0.3) is 0 Å². The molecule has 1 aromatic carbocycles. The molecule has 2 N–H and O–H groups in total. The van der Waals surface area contributed by atoms with Crippen LogP contribution in [0.5, 0.6) is 0 Å². The van der Waals surface area contributed by atoms with Gasteiger partial charge >= 0.3 is 6.18 Å². The fourth-order valence-electron chi connectivity index (χ4n) is 1.88. The van der Waals surface area contributed by atoms with E-state index in [0.29, 0.717) is 18.7 Å². The first-order valence-electron chi connectivity index (χ1n) is 6.85. The molecule has 122 valence electrons. The summed E-state index contributed by atoms with van der Waals surface area (Å²) in [4.78, 5) is 18.1. The largest absolute Gasteiger partial charge is 0.433 e. The molecule has 0 spiro atoms. The molecule has 8 heteroatoms. The van der Waals surface area contributed by atoms with Crippen LogP contribution in [0.1, 0.15) is 18.2 Å². The van der Waals surface area contributed by atoms with E-state index in [1.165, 1.54) is 6.92 Å². The Kier molecular flexibility index (Phi) is 5.15.